The number of aromatic nitrogens is 5. The fourth-order valence-corrected chi connectivity index (χ4v) is 5.18. The predicted octanol–water partition coefficient (Wildman–Crippen LogP) is 5.22. The van der Waals surface area contributed by atoms with E-state index in [1.807, 2.05) is 49.5 Å². The van der Waals surface area contributed by atoms with E-state index in [0.29, 0.717) is 37.0 Å². The van der Waals surface area contributed by atoms with E-state index in [0.717, 1.165) is 10.0 Å². The lowest BCUT2D eigenvalue weighted by Gasteiger charge is -2.39. The van der Waals surface area contributed by atoms with Crippen molar-refractivity contribution in [3.63, 3.8) is 0 Å². The fourth-order valence-electron chi connectivity index (χ4n) is 3.90. The maximum Gasteiger partial charge on any atom is 0.227 e. The summed E-state index contributed by atoms with van der Waals surface area (Å²) >= 11 is 3.41. The number of nitrogens with zero attached hydrogens (tertiary/aromatic N) is 5. The first-order valence-corrected chi connectivity index (χ1v) is 17.5. The number of ether oxygens (including phenoxy) is 2. The van der Waals surface area contributed by atoms with Crippen LogP contribution in [-0.2, 0) is 31.7 Å². The van der Waals surface area contributed by atoms with Gasteiger partial charge in [-0.05, 0) is 55.4 Å². The lowest BCUT2D eigenvalue weighted by molar-refractivity contribution is -0.164. The van der Waals surface area contributed by atoms with Gasteiger partial charge in [-0.1, -0.05) is 53.1 Å². The number of halogens is 1. The Morgan fingerprint density at radius 3 is 2.66 bits per heavy atom. The largest absolute Gasteiger partial charge is 0.414 e. The minimum absolute atomic E-state index is 0.0797. The van der Waals surface area contributed by atoms with Gasteiger partial charge in [0.25, 0.3) is 0 Å². The zero-order chi connectivity index (χ0) is 29.6. The smallest absolute Gasteiger partial charge is 0.227 e. The van der Waals surface area contributed by atoms with E-state index in [9.17, 15) is 4.79 Å². The minimum atomic E-state index is -1.99. The summed E-state index contributed by atoms with van der Waals surface area (Å²) in [6.45, 7) is 14.2. The van der Waals surface area contributed by atoms with Crippen molar-refractivity contribution in [3.05, 3.63) is 58.7 Å². The third kappa shape index (κ3) is 8.41. The number of carbonyl (C=O) groups excluding carboxylic acids is 1. The Morgan fingerprint density at radius 1 is 1.20 bits per heavy atom. The van der Waals surface area contributed by atoms with Crippen molar-refractivity contribution < 1.29 is 23.2 Å². The average Bonchev–Trinajstić information content (AvgIpc) is 3.60. The maximum atomic E-state index is 12.5. The normalized spacial score (nSPS) is 19.4. The van der Waals surface area contributed by atoms with E-state index >= 15 is 0 Å². The monoisotopic (exact) mass is 646 g/mol. The molecule has 0 unspecified atom stereocenters. The molecule has 3 atom stereocenters. The summed E-state index contributed by atoms with van der Waals surface area (Å²) in [6, 6.07) is 7.40. The zero-order valence-corrected chi connectivity index (χ0v) is 27.1. The Hall–Kier alpha value is -2.71. The number of nitrogens with one attached hydrogen (secondary N) is 1. The summed E-state index contributed by atoms with van der Waals surface area (Å²) in [5, 5.41) is 15.6. The molecule has 1 N–H and O–H groups in total. The standard InChI is InChI=1S/C28H39BrN6O5Si/c1-7-37-26-15-12-22(23(39-26)18-38-41(5,6)28(2,3)4)35-17-21(32-34-35)16-30-24(36)13-14-25-31-27(33-40-25)19-8-10-20(29)11-9-19/h8-12,15,17,22-23,26H,7,13-14,16,18H2,1-6H3,(H,30,36)/t22-,23+,26-/m0/s1. The molecule has 41 heavy (non-hydrogen) atoms. The lowest BCUT2D eigenvalue weighted by Crippen LogP contribution is -2.46. The molecule has 0 fully saturated rings. The van der Waals surface area contributed by atoms with Gasteiger partial charge in [0.05, 0.1) is 19.3 Å². The van der Waals surface area contributed by atoms with Crippen molar-refractivity contribution >= 4 is 30.2 Å². The van der Waals surface area contributed by atoms with Crippen molar-refractivity contribution in [1.29, 1.82) is 0 Å². The van der Waals surface area contributed by atoms with E-state index in [-0.39, 0.29) is 36.1 Å². The van der Waals surface area contributed by atoms with Crippen LogP contribution in [0, 0.1) is 0 Å². The highest BCUT2D eigenvalue weighted by Gasteiger charge is 2.39. The van der Waals surface area contributed by atoms with Crippen LogP contribution in [0.15, 0.2) is 51.6 Å². The quantitative estimate of drug-likeness (QED) is 0.208. The van der Waals surface area contributed by atoms with E-state index in [4.69, 9.17) is 18.4 Å². The topological polar surface area (TPSA) is 126 Å². The highest BCUT2D eigenvalue weighted by molar-refractivity contribution is 9.10. The molecule has 0 saturated carbocycles. The van der Waals surface area contributed by atoms with Crippen LogP contribution < -0.4 is 5.32 Å². The zero-order valence-electron chi connectivity index (χ0n) is 24.5. The third-order valence-corrected chi connectivity index (χ3v) is 12.4. The lowest BCUT2D eigenvalue weighted by atomic mass is 10.1. The van der Waals surface area contributed by atoms with Gasteiger partial charge in [0.15, 0.2) is 14.6 Å². The molecule has 1 aliphatic rings. The van der Waals surface area contributed by atoms with Crippen LogP contribution in [0.1, 0.15) is 51.7 Å². The second-order valence-electron chi connectivity index (χ2n) is 11.4. The Labute approximate surface area is 250 Å². The average molecular weight is 648 g/mol. The molecular formula is C28H39BrN6O5Si. The molecule has 0 bridgehead atoms. The SMILES string of the molecule is CCO[C@@H]1C=C[C@H](n2cc(CNC(=O)CCc3nc(-c4ccc(Br)cc4)no3)nn2)[C@@H](CO[Si](C)(C)C(C)(C)C)O1. The number of hydrogen-bond donors (Lipinski definition) is 1. The van der Waals surface area contributed by atoms with Crippen molar-refractivity contribution in [2.24, 2.45) is 0 Å². The number of aryl methyl sites for hydroxylation is 1. The number of rotatable bonds is 12. The van der Waals surface area contributed by atoms with Crippen LogP contribution in [0.3, 0.4) is 0 Å². The van der Waals surface area contributed by atoms with Crippen molar-refractivity contribution in [3.8, 4) is 11.4 Å². The van der Waals surface area contributed by atoms with Gasteiger partial charge in [-0.15, -0.1) is 5.10 Å². The number of carbonyl (C=O) groups is 1. The summed E-state index contributed by atoms with van der Waals surface area (Å²) in [5.74, 6) is 0.749. The molecule has 0 saturated heterocycles. The first-order chi connectivity index (χ1) is 19.4. The Bertz CT molecular complexity index is 1320. The van der Waals surface area contributed by atoms with Crippen LogP contribution in [0.2, 0.25) is 18.1 Å². The van der Waals surface area contributed by atoms with Gasteiger partial charge in [-0.3, -0.25) is 4.79 Å². The summed E-state index contributed by atoms with van der Waals surface area (Å²) in [4.78, 5) is 16.9. The van der Waals surface area contributed by atoms with E-state index in [1.165, 1.54) is 0 Å². The molecule has 3 aromatic rings. The highest BCUT2D eigenvalue weighted by atomic mass is 79.9. The molecule has 1 aliphatic heterocycles. The van der Waals surface area contributed by atoms with Crippen molar-refractivity contribution in [2.75, 3.05) is 13.2 Å². The van der Waals surface area contributed by atoms with Crippen molar-refractivity contribution in [1.82, 2.24) is 30.5 Å². The van der Waals surface area contributed by atoms with E-state index in [2.05, 4.69) is 75.6 Å². The van der Waals surface area contributed by atoms with Crippen LogP contribution in [0.4, 0.5) is 0 Å². The molecule has 4 rings (SSSR count). The molecule has 11 nitrogen and oxygen atoms in total. The van der Waals surface area contributed by atoms with Gasteiger partial charge < -0.3 is 23.7 Å². The third-order valence-electron chi connectivity index (χ3n) is 7.37. The number of amides is 1. The number of hydrogen-bond acceptors (Lipinski definition) is 9. The van der Waals surface area contributed by atoms with Crippen molar-refractivity contribution in [2.45, 2.75) is 83.6 Å². The minimum Gasteiger partial charge on any atom is -0.414 e. The maximum absolute atomic E-state index is 12.5. The molecule has 1 aromatic carbocycles. The highest BCUT2D eigenvalue weighted by Crippen LogP contribution is 2.37. The van der Waals surface area contributed by atoms with E-state index < -0.39 is 14.6 Å². The van der Waals surface area contributed by atoms with Gasteiger partial charge in [0.1, 0.15) is 17.8 Å². The first kappa shape index (κ1) is 31.2. The molecule has 3 heterocycles. The van der Waals surface area contributed by atoms with Crippen LogP contribution in [-0.4, -0.2) is 65.0 Å². The van der Waals surface area contributed by atoms with Gasteiger partial charge in [0, 0.05) is 29.5 Å². The summed E-state index contributed by atoms with van der Waals surface area (Å²) in [7, 11) is -1.99. The molecule has 222 valence electrons. The Balaban J connectivity index is 1.31. The Morgan fingerprint density at radius 2 is 1.95 bits per heavy atom. The molecule has 0 spiro atoms. The molecule has 2 aromatic heterocycles. The fraction of sp³-hybridized carbons (Fsp3) is 0.536. The second-order valence-corrected chi connectivity index (χ2v) is 17.2. The summed E-state index contributed by atoms with van der Waals surface area (Å²) in [6.07, 6.45) is 5.54. The van der Waals surface area contributed by atoms with Crippen LogP contribution >= 0.6 is 15.9 Å². The molecule has 0 aliphatic carbocycles. The molecular weight excluding hydrogens is 608 g/mol. The summed E-state index contributed by atoms with van der Waals surface area (Å²) < 4.78 is 26.4. The number of benzene rings is 1. The van der Waals surface area contributed by atoms with Gasteiger partial charge >= 0.3 is 0 Å². The van der Waals surface area contributed by atoms with Gasteiger partial charge in [0.2, 0.25) is 17.6 Å². The molecule has 13 heteroatoms. The first-order valence-electron chi connectivity index (χ1n) is 13.8. The second kappa shape index (κ2) is 13.5. The Kier molecular flexibility index (Phi) is 10.3. The molecule has 0 radical (unpaired) electrons. The van der Waals surface area contributed by atoms with Gasteiger partial charge in [-0.25, -0.2) is 4.68 Å². The van der Waals surface area contributed by atoms with Crippen LogP contribution in [0.5, 0.6) is 0 Å². The van der Waals surface area contributed by atoms with E-state index in [1.54, 1.807) is 4.68 Å². The predicted molar refractivity (Wildman–Crippen MR) is 159 cm³/mol. The summed E-state index contributed by atoms with van der Waals surface area (Å²) in [5.41, 5.74) is 1.48. The van der Waals surface area contributed by atoms with Crippen LogP contribution in [0.25, 0.3) is 11.4 Å². The molecule has 1 amide bonds. The van der Waals surface area contributed by atoms with Gasteiger partial charge in [-0.2, -0.15) is 4.98 Å².